The van der Waals surface area contributed by atoms with Crippen molar-refractivity contribution < 1.29 is 14.7 Å². The Morgan fingerprint density at radius 1 is 1.18 bits per heavy atom. The Morgan fingerprint density at radius 3 is 2.53 bits per heavy atom. The molecule has 0 radical (unpaired) electrons. The van der Waals surface area contributed by atoms with Gasteiger partial charge in [0.05, 0.1) is 0 Å². The number of rotatable bonds is 4. The summed E-state index contributed by atoms with van der Waals surface area (Å²) in [4.78, 5) is 26.5. The van der Waals surface area contributed by atoms with E-state index in [0.717, 1.165) is 32.5 Å². The number of likely N-dealkylation sites (tertiary alicyclic amines) is 2. The summed E-state index contributed by atoms with van der Waals surface area (Å²) < 4.78 is 0. The van der Waals surface area contributed by atoms with Gasteiger partial charge in [0.15, 0.2) is 0 Å². The van der Waals surface area contributed by atoms with Gasteiger partial charge in [0, 0.05) is 39.1 Å². The highest BCUT2D eigenvalue weighted by Gasteiger charge is 2.29. The van der Waals surface area contributed by atoms with Gasteiger partial charge in [-0.1, -0.05) is 0 Å². The first-order chi connectivity index (χ1) is 8.20. The molecule has 0 spiro atoms. The zero-order valence-electron chi connectivity index (χ0n) is 10.1. The van der Waals surface area contributed by atoms with Crippen molar-refractivity contribution in [3.63, 3.8) is 0 Å². The Bertz CT molecular complexity index is 290. The summed E-state index contributed by atoms with van der Waals surface area (Å²) in [5, 5.41) is 9.13. The molecule has 0 aromatic heterocycles. The lowest BCUT2D eigenvalue weighted by atomic mass is 9.99. The fourth-order valence-electron chi connectivity index (χ4n) is 2.62. The van der Waals surface area contributed by atoms with Gasteiger partial charge in [0.2, 0.25) is 11.8 Å². The monoisotopic (exact) mass is 240 g/mol. The molecule has 1 atom stereocenters. The highest BCUT2D eigenvalue weighted by molar-refractivity contribution is 6.01. The van der Waals surface area contributed by atoms with Crippen molar-refractivity contribution >= 4 is 11.8 Å². The van der Waals surface area contributed by atoms with Gasteiger partial charge in [0.25, 0.3) is 0 Å². The van der Waals surface area contributed by atoms with E-state index in [1.54, 1.807) is 0 Å². The van der Waals surface area contributed by atoms with Crippen LogP contribution in [-0.2, 0) is 9.59 Å². The molecule has 2 amide bonds. The summed E-state index contributed by atoms with van der Waals surface area (Å²) in [7, 11) is 0. The van der Waals surface area contributed by atoms with Gasteiger partial charge in [-0.25, -0.2) is 0 Å². The smallest absolute Gasteiger partial charge is 0.229 e. The zero-order chi connectivity index (χ0) is 12.3. The summed E-state index contributed by atoms with van der Waals surface area (Å²) in [5.74, 6) is 0.283. The van der Waals surface area contributed by atoms with Crippen molar-refractivity contribution in [2.75, 3.05) is 32.8 Å². The lowest BCUT2D eigenvalue weighted by Crippen LogP contribution is -2.42. The maximum atomic E-state index is 11.4. The van der Waals surface area contributed by atoms with Crippen molar-refractivity contribution in [3.8, 4) is 0 Å². The van der Waals surface area contributed by atoms with Crippen LogP contribution in [0.5, 0.6) is 0 Å². The van der Waals surface area contributed by atoms with E-state index in [0.29, 0.717) is 25.3 Å². The van der Waals surface area contributed by atoms with E-state index in [-0.39, 0.29) is 18.4 Å². The lowest BCUT2D eigenvalue weighted by Gasteiger charge is -2.32. The minimum atomic E-state index is -0.0364. The quantitative estimate of drug-likeness (QED) is 0.694. The second-order valence-electron chi connectivity index (χ2n) is 4.93. The SMILES string of the molecule is O=C1CCC(=O)N1CCN1CCCC(CO)C1. The van der Waals surface area contributed by atoms with Gasteiger partial charge in [-0.05, 0) is 25.3 Å². The molecular weight excluding hydrogens is 220 g/mol. The average Bonchev–Trinajstić information content (AvgIpc) is 2.67. The summed E-state index contributed by atoms with van der Waals surface area (Å²) in [5.41, 5.74) is 0. The van der Waals surface area contributed by atoms with Crippen LogP contribution in [0.3, 0.4) is 0 Å². The molecule has 5 heteroatoms. The molecule has 17 heavy (non-hydrogen) atoms. The normalized spacial score (nSPS) is 26.9. The van der Waals surface area contributed by atoms with Gasteiger partial charge >= 0.3 is 0 Å². The summed E-state index contributed by atoms with van der Waals surface area (Å²) >= 11 is 0. The van der Waals surface area contributed by atoms with Gasteiger partial charge < -0.3 is 10.0 Å². The Kier molecular flexibility index (Phi) is 4.12. The first kappa shape index (κ1) is 12.5. The Labute approximate surface area is 101 Å². The number of hydrogen-bond donors (Lipinski definition) is 1. The van der Waals surface area contributed by atoms with E-state index in [4.69, 9.17) is 5.11 Å². The van der Waals surface area contributed by atoms with Crippen molar-refractivity contribution in [1.82, 2.24) is 9.80 Å². The highest BCUT2D eigenvalue weighted by Crippen LogP contribution is 2.16. The number of carbonyl (C=O) groups excluding carboxylic acids is 2. The second kappa shape index (κ2) is 5.60. The number of piperidine rings is 1. The Morgan fingerprint density at radius 2 is 1.88 bits per heavy atom. The van der Waals surface area contributed by atoms with Gasteiger partial charge in [0.1, 0.15) is 0 Å². The standard InChI is InChI=1S/C12H20N2O3/c15-9-10-2-1-5-13(8-10)6-7-14-11(16)3-4-12(14)17/h10,15H,1-9H2. The van der Waals surface area contributed by atoms with Gasteiger partial charge in [-0.3, -0.25) is 14.5 Å². The molecule has 1 unspecified atom stereocenters. The third-order valence-electron chi connectivity index (χ3n) is 3.66. The number of aliphatic hydroxyl groups excluding tert-OH is 1. The number of aliphatic hydroxyl groups is 1. The van der Waals surface area contributed by atoms with Crippen molar-refractivity contribution in [2.24, 2.45) is 5.92 Å². The molecule has 0 aromatic carbocycles. The summed E-state index contributed by atoms with van der Waals surface area (Å²) in [6.07, 6.45) is 2.91. The number of imide groups is 1. The van der Waals surface area contributed by atoms with E-state index < -0.39 is 0 Å². The molecular formula is C12H20N2O3. The van der Waals surface area contributed by atoms with Crippen LogP contribution in [0.25, 0.3) is 0 Å². The van der Waals surface area contributed by atoms with Crippen LogP contribution < -0.4 is 0 Å². The number of hydrogen-bond acceptors (Lipinski definition) is 4. The number of carbonyl (C=O) groups is 2. The molecule has 2 rings (SSSR count). The molecule has 2 saturated heterocycles. The van der Waals surface area contributed by atoms with Crippen LogP contribution in [0.15, 0.2) is 0 Å². The molecule has 5 nitrogen and oxygen atoms in total. The fraction of sp³-hybridized carbons (Fsp3) is 0.833. The second-order valence-corrected chi connectivity index (χ2v) is 4.93. The van der Waals surface area contributed by atoms with E-state index in [1.165, 1.54) is 4.90 Å². The highest BCUT2D eigenvalue weighted by atomic mass is 16.3. The first-order valence-electron chi connectivity index (χ1n) is 6.37. The first-order valence-corrected chi connectivity index (χ1v) is 6.37. The van der Waals surface area contributed by atoms with E-state index in [2.05, 4.69) is 4.90 Å². The van der Waals surface area contributed by atoms with Crippen LogP contribution in [0.4, 0.5) is 0 Å². The van der Waals surface area contributed by atoms with Gasteiger partial charge in [-0.15, -0.1) is 0 Å². The number of amides is 2. The summed E-state index contributed by atoms with van der Waals surface area (Å²) in [6.45, 7) is 3.38. The van der Waals surface area contributed by atoms with Gasteiger partial charge in [-0.2, -0.15) is 0 Å². The molecule has 2 aliphatic rings. The molecule has 2 aliphatic heterocycles. The Hall–Kier alpha value is -0.940. The van der Waals surface area contributed by atoms with E-state index in [9.17, 15) is 9.59 Å². The largest absolute Gasteiger partial charge is 0.396 e. The molecule has 0 bridgehead atoms. The minimum absolute atomic E-state index is 0.0364. The minimum Gasteiger partial charge on any atom is -0.396 e. The van der Waals surface area contributed by atoms with E-state index in [1.807, 2.05) is 0 Å². The van der Waals surface area contributed by atoms with Crippen molar-refractivity contribution in [2.45, 2.75) is 25.7 Å². The summed E-state index contributed by atoms with van der Waals surface area (Å²) in [6, 6.07) is 0. The van der Waals surface area contributed by atoms with E-state index >= 15 is 0 Å². The molecule has 1 N–H and O–H groups in total. The van der Waals surface area contributed by atoms with Crippen molar-refractivity contribution in [1.29, 1.82) is 0 Å². The van der Waals surface area contributed by atoms with Crippen LogP contribution in [-0.4, -0.2) is 59.5 Å². The van der Waals surface area contributed by atoms with Crippen LogP contribution in [0.2, 0.25) is 0 Å². The van der Waals surface area contributed by atoms with Crippen LogP contribution in [0, 0.1) is 5.92 Å². The average molecular weight is 240 g/mol. The fourth-order valence-corrected chi connectivity index (χ4v) is 2.62. The predicted octanol–water partition coefficient (Wildman–Crippen LogP) is -0.160. The topological polar surface area (TPSA) is 60.9 Å². The molecule has 96 valence electrons. The zero-order valence-corrected chi connectivity index (χ0v) is 10.1. The Balaban J connectivity index is 1.77. The van der Waals surface area contributed by atoms with Crippen molar-refractivity contribution in [3.05, 3.63) is 0 Å². The molecule has 2 fully saturated rings. The maximum absolute atomic E-state index is 11.4. The predicted molar refractivity (Wildman–Crippen MR) is 62.2 cm³/mol. The third-order valence-corrected chi connectivity index (χ3v) is 3.66. The maximum Gasteiger partial charge on any atom is 0.229 e. The van der Waals surface area contributed by atoms with Crippen LogP contribution in [0.1, 0.15) is 25.7 Å². The molecule has 0 aromatic rings. The third kappa shape index (κ3) is 3.04. The van der Waals surface area contributed by atoms with Crippen LogP contribution >= 0.6 is 0 Å². The number of nitrogens with zero attached hydrogens (tertiary/aromatic N) is 2. The molecule has 0 aliphatic carbocycles. The lowest BCUT2D eigenvalue weighted by molar-refractivity contribution is -0.138. The molecule has 0 saturated carbocycles. The molecule has 2 heterocycles.